The van der Waals surface area contributed by atoms with Crippen LogP contribution in [0.25, 0.3) is 11.0 Å². The van der Waals surface area contributed by atoms with E-state index in [1.807, 2.05) is 37.3 Å². The van der Waals surface area contributed by atoms with E-state index in [0.717, 1.165) is 5.69 Å². The van der Waals surface area contributed by atoms with Crippen molar-refractivity contribution >= 4 is 32.6 Å². The number of nitrogens with zero attached hydrogens (tertiary/aromatic N) is 2. The Kier molecular flexibility index (Phi) is 5.64. The number of fused-ring (bicyclic) bond motifs is 1. The molecule has 0 spiro atoms. The van der Waals surface area contributed by atoms with Gasteiger partial charge in [-0.1, -0.05) is 18.2 Å². The Morgan fingerprint density at radius 1 is 1.10 bits per heavy atom. The summed E-state index contributed by atoms with van der Waals surface area (Å²) in [4.78, 5) is 15.0. The van der Waals surface area contributed by atoms with Crippen molar-refractivity contribution in [3.63, 3.8) is 0 Å². The van der Waals surface area contributed by atoms with Crippen LogP contribution >= 0.6 is 0 Å². The quantitative estimate of drug-likeness (QED) is 0.622. The lowest BCUT2D eigenvalue weighted by atomic mass is 10.1. The molecule has 1 amide bonds. The number of anilines is 1. The lowest BCUT2D eigenvalue weighted by Crippen LogP contribution is -2.40. The largest absolute Gasteiger partial charge is 0.451 e. The number of hydrogen-bond acceptors (Lipinski definition) is 5. The van der Waals surface area contributed by atoms with Gasteiger partial charge < -0.3 is 14.1 Å². The molecule has 1 aromatic heterocycles. The van der Waals surface area contributed by atoms with Crippen LogP contribution in [0.1, 0.15) is 23.0 Å². The highest BCUT2D eigenvalue weighted by Crippen LogP contribution is 2.30. The summed E-state index contributed by atoms with van der Waals surface area (Å²) in [5.41, 5.74) is 1.89. The van der Waals surface area contributed by atoms with Gasteiger partial charge in [0.25, 0.3) is 5.91 Å². The first-order chi connectivity index (χ1) is 14.4. The Morgan fingerprint density at radius 2 is 1.80 bits per heavy atom. The monoisotopic (exact) mass is 428 g/mol. The molecule has 0 N–H and O–H groups in total. The van der Waals surface area contributed by atoms with Crippen molar-refractivity contribution in [1.29, 1.82) is 0 Å². The van der Waals surface area contributed by atoms with Crippen LogP contribution in [0.4, 0.5) is 5.69 Å². The predicted octanol–water partition coefficient (Wildman–Crippen LogP) is 3.43. The molecule has 2 aromatic carbocycles. The van der Waals surface area contributed by atoms with Crippen molar-refractivity contribution < 1.29 is 22.4 Å². The number of benzene rings is 2. The lowest BCUT2D eigenvalue weighted by Gasteiger charge is -2.26. The zero-order valence-electron chi connectivity index (χ0n) is 17.0. The molecule has 0 atom stereocenters. The average molecular weight is 429 g/mol. The highest BCUT2D eigenvalue weighted by molar-refractivity contribution is 7.89. The zero-order valence-corrected chi connectivity index (χ0v) is 17.8. The minimum Gasteiger partial charge on any atom is -0.451 e. The number of morpholine rings is 1. The van der Waals surface area contributed by atoms with Gasteiger partial charge in [0.1, 0.15) is 5.58 Å². The molecule has 0 bridgehead atoms. The maximum Gasteiger partial charge on any atom is 0.294 e. The molecule has 30 heavy (non-hydrogen) atoms. The molecular weight excluding hydrogens is 404 g/mol. The Balaban J connectivity index is 1.72. The number of sulfonamides is 1. The van der Waals surface area contributed by atoms with Crippen molar-refractivity contribution in [1.82, 2.24) is 4.31 Å². The second-order valence-electron chi connectivity index (χ2n) is 7.12. The van der Waals surface area contributed by atoms with E-state index in [2.05, 4.69) is 0 Å². The second-order valence-corrected chi connectivity index (χ2v) is 9.05. The van der Waals surface area contributed by atoms with Crippen LogP contribution in [0.2, 0.25) is 0 Å². The summed E-state index contributed by atoms with van der Waals surface area (Å²) in [6.07, 6.45) is 0. The third kappa shape index (κ3) is 3.62. The van der Waals surface area contributed by atoms with E-state index in [1.165, 1.54) is 10.4 Å². The van der Waals surface area contributed by atoms with Gasteiger partial charge in [-0.3, -0.25) is 4.79 Å². The van der Waals surface area contributed by atoms with E-state index in [4.69, 9.17) is 9.15 Å². The van der Waals surface area contributed by atoms with Gasteiger partial charge in [-0.25, -0.2) is 8.42 Å². The number of carbonyl (C=O) groups excluding carboxylic acids is 1. The molecule has 0 unspecified atom stereocenters. The third-order valence-electron chi connectivity index (χ3n) is 5.34. The standard InChI is InChI=1S/C22H24N2O5S/c1-3-24(17-7-5-4-6-8-17)22(25)21-16(2)19-15-18(9-10-20(19)29-21)30(26,27)23-11-13-28-14-12-23/h4-10,15H,3,11-14H2,1-2H3. The van der Waals surface area contributed by atoms with Gasteiger partial charge in [-0.15, -0.1) is 0 Å². The molecule has 7 nitrogen and oxygen atoms in total. The second kappa shape index (κ2) is 8.22. The van der Waals surface area contributed by atoms with Gasteiger partial charge in [0.15, 0.2) is 5.76 Å². The summed E-state index contributed by atoms with van der Waals surface area (Å²) >= 11 is 0. The molecule has 0 aliphatic carbocycles. The van der Waals surface area contributed by atoms with Crippen LogP contribution in [-0.4, -0.2) is 51.5 Å². The molecule has 3 aromatic rings. The Hall–Kier alpha value is -2.68. The number of para-hydroxylation sites is 1. The summed E-state index contributed by atoms with van der Waals surface area (Å²) in [6, 6.07) is 14.1. The number of rotatable bonds is 5. The Morgan fingerprint density at radius 3 is 2.47 bits per heavy atom. The van der Waals surface area contributed by atoms with E-state index in [-0.39, 0.29) is 16.6 Å². The molecule has 1 aliphatic heterocycles. The molecule has 8 heteroatoms. The predicted molar refractivity (Wildman–Crippen MR) is 114 cm³/mol. The van der Waals surface area contributed by atoms with Gasteiger partial charge in [-0.05, 0) is 44.2 Å². The highest BCUT2D eigenvalue weighted by Gasteiger charge is 2.28. The summed E-state index contributed by atoms with van der Waals surface area (Å²) < 4.78 is 38.5. The first-order valence-electron chi connectivity index (χ1n) is 9.91. The minimum atomic E-state index is -3.63. The van der Waals surface area contributed by atoms with Crippen LogP contribution in [0.3, 0.4) is 0 Å². The SMILES string of the molecule is CCN(C(=O)c1oc2ccc(S(=O)(=O)N3CCOCC3)cc2c1C)c1ccccc1. The molecule has 158 valence electrons. The van der Waals surface area contributed by atoms with Crippen molar-refractivity contribution in [2.24, 2.45) is 0 Å². The fourth-order valence-electron chi connectivity index (χ4n) is 3.67. The normalized spacial score (nSPS) is 15.4. The van der Waals surface area contributed by atoms with E-state index < -0.39 is 10.0 Å². The highest BCUT2D eigenvalue weighted by atomic mass is 32.2. The van der Waals surface area contributed by atoms with Crippen LogP contribution in [0, 0.1) is 6.92 Å². The number of ether oxygens (including phenoxy) is 1. The minimum absolute atomic E-state index is 0.190. The topological polar surface area (TPSA) is 80.1 Å². The van der Waals surface area contributed by atoms with Crippen molar-refractivity contribution in [2.45, 2.75) is 18.7 Å². The summed E-state index contributed by atoms with van der Waals surface area (Å²) in [5, 5.41) is 0.622. The number of hydrogen-bond donors (Lipinski definition) is 0. The maximum atomic E-state index is 13.2. The van der Waals surface area contributed by atoms with Crippen LogP contribution in [0.15, 0.2) is 57.8 Å². The molecule has 1 fully saturated rings. The van der Waals surface area contributed by atoms with Crippen molar-refractivity contribution in [2.75, 3.05) is 37.7 Å². The fraction of sp³-hybridized carbons (Fsp3) is 0.318. The van der Waals surface area contributed by atoms with Gasteiger partial charge in [0, 0.05) is 36.3 Å². The molecular formula is C22H24N2O5S. The molecule has 0 saturated carbocycles. The number of amides is 1. The molecule has 0 radical (unpaired) electrons. The number of carbonyl (C=O) groups is 1. The van der Waals surface area contributed by atoms with E-state index in [1.54, 1.807) is 24.0 Å². The average Bonchev–Trinajstić information content (AvgIpc) is 3.11. The molecule has 4 rings (SSSR count). The van der Waals surface area contributed by atoms with Crippen LogP contribution < -0.4 is 4.90 Å². The molecule has 2 heterocycles. The molecule has 1 saturated heterocycles. The number of furan rings is 1. The van der Waals surface area contributed by atoms with Gasteiger partial charge in [-0.2, -0.15) is 4.31 Å². The lowest BCUT2D eigenvalue weighted by molar-refractivity contribution is 0.0730. The summed E-state index contributed by atoms with van der Waals surface area (Å²) in [7, 11) is -3.63. The van der Waals surface area contributed by atoms with Gasteiger partial charge in [0.05, 0.1) is 18.1 Å². The van der Waals surface area contributed by atoms with Gasteiger partial charge >= 0.3 is 0 Å². The Labute approximate surface area is 175 Å². The summed E-state index contributed by atoms with van der Waals surface area (Å²) in [6.45, 7) is 5.59. The first kappa shape index (κ1) is 20.6. The van der Waals surface area contributed by atoms with Gasteiger partial charge in [0.2, 0.25) is 10.0 Å². The zero-order chi connectivity index (χ0) is 21.3. The van der Waals surface area contributed by atoms with Crippen molar-refractivity contribution in [3.8, 4) is 0 Å². The smallest absolute Gasteiger partial charge is 0.294 e. The van der Waals surface area contributed by atoms with Crippen molar-refractivity contribution in [3.05, 3.63) is 59.9 Å². The van der Waals surface area contributed by atoms with E-state index >= 15 is 0 Å². The number of aryl methyl sites for hydroxylation is 1. The van der Waals surface area contributed by atoms with E-state index in [9.17, 15) is 13.2 Å². The van der Waals surface area contributed by atoms with E-state index in [0.29, 0.717) is 49.4 Å². The maximum absolute atomic E-state index is 13.2. The summed E-state index contributed by atoms with van der Waals surface area (Å²) in [5.74, 6) is -0.0355. The Bertz CT molecular complexity index is 1160. The molecule has 1 aliphatic rings. The fourth-order valence-corrected chi connectivity index (χ4v) is 5.11. The first-order valence-corrected chi connectivity index (χ1v) is 11.4. The third-order valence-corrected chi connectivity index (χ3v) is 7.23. The van der Waals surface area contributed by atoms with Crippen LogP contribution in [-0.2, 0) is 14.8 Å². The van der Waals surface area contributed by atoms with Crippen LogP contribution in [0.5, 0.6) is 0 Å².